The van der Waals surface area contributed by atoms with Crippen LogP contribution in [0.4, 0.5) is 5.82 Å². The molecule has 108 valence electrons. The van der Waals surface area contributed by atoms with E-state index >= 15 is 0 Å². The first kappa shape index (κ1) is 16.2. The Hall–Kier alpha value is -0.870. The third-order valence-corrected chi connectivity index (χ3v) is 3.85. The lowest BCUT2D eigenvalue weighted by Crippen LogP contribution is -2.36. The fourth-order valence-corrected chi connectivity index (χ4v) is 1.92. The van der Waals surface area contributed by atoms with E-state index in [1.807, 2.05) is 20.8 Å². The molecule has 0 saturated heterocycles. The summed E-state index contributed by atoms with van der Waals surface area (Å²) in [4.78, 5) is 8.86. The van der Waals surface area contributed by atoms with Gasteiger partial charge in [-0.25, -0.2) is 9.97 Å². The minimum absolute atomic E-state index is 0.145. The van der Waals surface area contributed by atoms with Crippen LogP contribution < -0.4 is 5.32 Å². The number of hydrogen-bond donors (Lipinski definition) is 2. The maximum absolute atomic E-state index is 9.18. The second kappa shape index (κ2) is 6.53. The smallest absolute Gasteiger partial charge is 0.137 e. The Morgan fingerprint density at radius 2 is 2.00 bits per heavy atom. The molecule has 0 radical (unpaired) electrons. The highest BCUT2D eigenvalue weighted by atomic mass is 35.5. The Kier molecular flexibility index (Phi) is 5.56. The van der Waals surface area contributed by atoms with E-state index in [0.717, 1.165) is 23.6 Å². The van der Waals surface area contributed by atoms with E-state index in [-0.39, 0.29) is 18.1 Å². The molecule has 0 fully saturated rings. The molecule has 4 nitrogen and oxygen atoms in total. The van der Waals surface area contributed by atoms with Crippen LogP contribution in [0.5, 0.6) is 0 Å². The van der Waals surface area contributed by atoms with Crippen LogP contribution in [0, 0.1) is 6.92 Å². The third kappa shape index (κ3) is 4.05. The van der Waals surface area contributed by atoms with Gasteiger partial charge in [-0.1, -0.05) is 32.4 Å². The van der Waals surface area contributed by atoms with Gasteiger partial charge in [0.05, 0.1) is 0 Å². The van der Waals surface area contributed by atoms with Crippen LogP contribution in [0.1, 0.15) is 57.8 Å². The van der Waals surface area contributed by atoms with E-state index in [0.29, 0.717) is 11.6 Å². The van der Waals surface area contributed by atoms with E-state index in [1.54, 1.807) is 0 Å². The van der Waals surface area contributed by atoms with Gasteiger partial charge in [0.25, 0.3) is 0 Å². The van der Waals surface area contributed by atoms with Crippen molar-refractivity contribution in [3.05, 3.63) is 16.5 Å². The summed E-state index contributed by atoms with van der Waals surface area (Å²) in [6, 6.07) is 0. The summed E-state index contributed by atoms with van der Waals surface area (Å²) >= 11 is 6.17. The fraction of sp³-hybridized carbons (Fsp3) is 0.714. The van der Waals surface area contributed by atoms with Crippen molar-refractivity contribution in [3.8, 4) is 0 Å². The van der Waals surface area contributed by atoms with Crippen molar-refractivity contribution in [1.29, 1.82) is 0 Å². The molecular formula is C14H24ClN3O. The van der Waals surface area contributed by atoms with Crippen molar-refractivity contribution < 1.29 is 5.11 Å². The molecule has 1 rings (SSSR count). The number of anilines is 1. The maximum atomic E-state index is 9.18. The summed E-state index contributed by atoms with van der Waals surface area (Å²) in [6.07, 6.45) is 1.56. The molecule has 0 aliphatic rings. The van der Waals surface area contributed by atoms with Gasteiger partial charge in [0.2, 0.25) is 0 Å². The van der Waals surface area contributed by atoms with Crippen LogP contribution in [-0.2, 0) is 0 Å². The van der Waals surface area contributed by atoms with Crippen LogP contribution in [0.15, 0.2) is 0 Å². The topological polar surface area (TPSA) is 58.0 Å². The lowest BCUT2D eigenvalue weighted by Gasteiger charge is -2.30. The average Bonchev–Trinajstić information content (AvgIpc) is 2.34. The Morgan fingerprint density at radius 3 is 2.47 bits per heavy atom. The van der Waals surface area contributed by atoms with Crippen LogP contribution >= 0.6 is 11.6 Å². The van der Waals surface area contributed by atoms with Crippen LogP contribution in [0.3, 0.4) is 0 Å². The summed E-state index contributed by atoms with van der Waals surface area (Å²) in [6.45, 7) is 10.3. The molecular weight excluding hydrogens is 262 g/mol. The number of rotatable bonds is 6. The molecule has 1 aromatic heterocycles. The quantitative estimate of drug-likeness (QED) is 0.785. The van der Waals surface area contributed by atoms with Gasteiger partial charge in [-0.05, 0) is 26.7 Å². The first-order valence-electron chi connectivity index (χ1n) is 6.76. The normalized spacial score (nSPS) is 14.5. The highest BCUT2D eigenvalue weighted by Gasteiger charge is 2.23. The van der Waals surface area contributed by atoms with E-state index < -0.39 is 0 Å². The molecule has 5 heteroatoms. The Labute approximate surface area is 120 Å². The van der Waals surface area contributed by atoms with Crippen LogP contribution in [0.25, 0.3) is 0 Å². The lowest BCUT2D eigenvalue weighted by molar-refractivity contribution is 0.251. The Balaban J connectivity index is 3.12. The molecule has 0 saturated carbocycles. The molecule has 1 unspecified atom stereocenters. The predicted molar refractivity (Wildman–Crippen MR) is 79.9 cm³/mol. The van der Waals surface area contributed by atoms with E-state index in [2.05, 4.69) is 29.1 Å². The third-order valence-electron chi connectivity index (χ3n) is 3.48. The standard InChI is InChI=1S/C14H24ClN3O/c1-6-14(5,7-8-19)18-13-10(4)11(15)16-12(17-13)9(2)3/h9,19H,6-8H2,1-5H3,(H,16,17,18). The zero-order valence-electron chi connectivity index (χ0n) is 12.4. The van der Waals surface area contributed by atoms with Crippen molar-refractivity contribution in [2.45, 2.75) is 58.9 Å². The first-order chi connectivity index (χ1) is 8.83. The molecule has 1 heterocycles. The van der Waals surface area contributed by atoms with Crippen LogP contribution in [-0.4, -0.2) is 27.2 Å². The molecule has 2 N–H and O–H groups in total. The van der Waals surface area contributed by atoms with Crippen LogP contribution in [0.2, 0.25) is 5.15 Å². The molecule has 1 aromatic rings. The predicted octanol–water partition coefficient (Wildman–Crippen LogP) is 3.52. The van der Waals surface area contributed by atoms with Crippen molar-refractivity contribution in [2.24, 2.45) is 0 Å². The van der Waals surface area contributed by atoms with Gasteiger partial charge < -0.3 is 10.4 Å². The number of aliphatic hydroxyl groups excluding tert-OH is 1. The number of halogens is 1. The Bertz CT molecular complexity index is 437. The number of nitrogens with one attached hydrogen (secondary N) is 1. The molecule has 0 aliphatic carbocycles. The minimum atomic E-state index is -0.189. The number of aliphatic hydroxyl groups is 1. The van der Waals surface area contributed by atoms with Crippen molar-refractivity contribution in [2.75, 3.05) is 11.9 Å². The molecule has 0 spiro atoms. The van der Waals surface area contributed by atoms with Crippen molar-refractivity contribution in [1.82, 2.24) is 9.97 Å². The van der Waals surface area contributed by atoms with Gasteiger partial charge in [-0.3, -0.25) is 0 Å². The summed E-state index contributed by atoms with van der Waals surface area (Å²) in [5.74, 6) is 1.73. The lowest BCUT2D eigenvalue weighted by atomic mass is 9.94. The first-order valence-corrected chi connectivity index (χ1v) is 7.14. The van der Waals surface area contributed by atoms with Gasteiger partial charge in [0, 0.05) is 23.6 Å². The van der Waals surface area contributed by atoms with Gasteiger partial charge in [0.15, 0.2) is 0 Å². The van der Waals surface area contributed by atoms with Gasteiger partial charge in [-0.2, -0.15) is 0 Å². The van der Waals surface area contributed by atoms with E-state index in [4.69, 9.17) is 11.6 Å². The van der Waals surface area contributed by atoms with E-state index in [1.165, 1.54) is 0 Å². The molecule has 19 heavy (non-hydrogen) atoms. The number of hydrogen-bond acceptors (Lipinski definition) is 4. The zero-order chi connectivity index (χ0) is 14.6. The number of aromatic nitrogens is 2. The largest absolute Gasteiger partial charge is 0.396 e. The van der Waals surface area contributed by atoms with Crippen molar-refractivity contribution >= 4 is 17.4 Å². The fourth-order valence-electron chi connectivity index (χ4n) is 1.75. The minimum Gasteiger partial charge on any atom is -0.396 e. The average molecular weight is 286 g/mol. The zero-order valence-corrected chi connectivity index (χ0v) is 13.2. The summed E-state index contributed by atoms with van der Waals surface area (Å²) in [7, 11) is 0. The Morgan fingerprint density at radius 1 is 1.37 bits per heavy atom. The van der Waals surface area contributed by atoms with Gasteiger partial charge in [0.1, 0.15) is 16.8 Å². The monoisotopic (exact) mass is 285 g/mol. The second-order valence-electron chi connectivity index (χ2n) is 5.51. The molecule has 1 atom stereocenters. The molecule has 0 amide bonds. The maximum Gasteiger partial charge on any atom is 0.137 e. The summed E-state index contributed by atoms with van der Waals surface area (Å²) in [5.41, 5.74) is 0.662. The van der Waals surface area contributed by atoms with Crippen molar-refractivity contribution in [3.63, 3.8) is 0 Å². The summed E-state index contributed by atoms with van der Waals surface area (Å²) < 4.78 is 0. The second-order valence-corrected chi connectivity index (χ2v) is 5.87. The highest BCUT2D eigenvalue weighted by Crippen LogP contribution is 2.27. The molecule has 0 aliphatic heterocycles. The summed E-state index contributed by atoms with van der Waals surface area (Å²) in [5, 5.41) is 13.1. The highest BCUT2D eigenvalue weighted by molar-refractivity contribution is 6.30. The SMILES string of the molecule is CCC(C)(CCO)Nc1nc(C(C)C)nc(Cl)c1C. The molecule has 0 bridgehead atoms. The van der Waals surface area contributed by atoms with E-state index in [9.17, 15) is 5.11 Å². The van der Waals surface area contributed by atoms with Gasteiger partial charge in [-0.15, -0.1) is 0 Å². The number of nitrogens with zero attached hydrogens (tertiary/aromatic N) is 2. The van der Waals surface area contributed by atoms with Gasteiger partial charge >= 0.3 is 0 Å². The molecule has 0 aromatic carbocycles.